The number of ether oxygens (including phenoxy) is 1. The number of rotatable bonds is 12. The van der Waals surface area contributed by atoms with E-state index < -0.39 is 17.7 Å². The summed E-state index contributed by atoms with van der Waals surface area (Å²) < 4.78 is 5.88. The smallest absolute Gasteiger partial charge is 0.295 e. The Morgan fingerprint density at radius 3 is 2.41 bits per heavy atom. The fourth-order valence-corrected chi connectivity index (χ4v) is 4.32. The van der Waals surface area contributed by atoms with Gasteiger partial charge in [-0.05, 0) is 50.2 Å². The van der Waals surface area contributed by atoms with Crippen LogP contribution in [-0.4, -0.2) is 59.4 Å². The first-order chi connectivity index (χ1) is 16.5. The van der Waals surface area contributed by atoms with Crippen molar-refractivity contribution in [3.63, 3.8) is 0 Å². The number of carbonyl (C=O) groups is 2. The van der Waals surface area contributed by atoms with Crippen LogP contribution in [0.15, 0.2) is 60.2 Å². The van der Waals surface area contributed by atoms with Crippen LogP contribution in [0, 0.1) is 0 Å². The van der Waals surface area contributed by atoms with Gasteiger partial charge in [0.25, 0.3) is 11.7 Å². The number of Topliss-reactive ketones (excluding diaryl/α,β-unsaturated/α-hetero) is 1. The molecule has 1 atom stereocenters. The van der Waals surface area contributed by atoms with Crippen LogP contribution in [0.4, 0.5) is 0 Å². The van der Waals surface area contributed by atoms with E-state index in [0.29, 0.717) is 24.5 Å². The average molecular weight is 465 g/mol. The van der Waals surface area contributed by atoms with Gasteiger partial charge in [0.1, 0.15) is 11.5 Å². The van der Waals surface area contributed by atoms with E-state index in [1.54, 1.807) is 29.2 Å². The summed E-state index contributed by atoms with van der Waals surface area (Å²) in [7, 11) is 0. The molecular weight excluding hydrogens is 428 g/mol. The normalized spacial score (nSPS) is 17.5. The van der Waals surface area contributed by atoms with Crippen LogP contribution < -0.4 is 4.74 Å². The molecule has 0 spiro atoms. The molecule has 6 heteroatoms. The van der Waals surface area contributed by atoms with Gasteiger partial charge in [-0.25, -0.2) is 0 Å². The third-order valence-electron chi connectivity index (χ3n) is 6.30. The summed E-state index contributed by atoms with van der Waals surface area (Å²) in [5, 5.41) is 11.1. The zero-order valence-electron chi connectivity index (χ0n) is 20.5. The lowest BCUT2D eigenvalue weighted by molar-refractivity contribution is -0.140. The number of amides is 1. The first-order valence-corrected chi connectivity index (χ1v) is 12.3. The maximum Gasteiger partial charge on any atom is 0.295 e. The summed E-state index contributed by atoms with van der Waals surface area (Å²) in [4.78, 5) is 30.2. The molecule has 0 bridgehead atoms. The topological polar surface area (TPSA) is 70.1 Å². The van der Waals surface area contributed by atoms with Gasteiger partial charge in [0.2, 0.25) is 0 Å². The van der Waals surface area contributed by atoms with E-state index in [9.17, 15) is 14.7 Å². The Labute approximate surface area is 202 Å². The number of ketones is 1. The first-order valence-electron chi connectivity index (χ1n) is 12.3. The number of unbranched alkanes of at least 4 members (excludes halogenated alkanes) is 1. The van der Waals surface area contributed by atoms with Crippen molar-refractivity contribution in [1.82, 2.24) is 9.80 Å². The third kappa shape index (κ3) is 5.86. The van der Waals surface area contributed by atoms with Crippen molar-refractivity contribution < 1.29 is 19.4 Å². The monoisotopic (exact) mass is 464 g/mol. The maximum atomic E-state index is 13.2. The molecule has 0 aliphatic carbocycles. The summed E-state index contributed by atoms with van der Waals surface area (Å²) >= 11 is 0. The van der Waals surface area contributed by atoms with Crippen molar-refractivity contribution in [2.45, 2.75) is 46.1 Å². The molecule has 1 N–H and O–H groups in total. The Kier molecular flexibility index (Phi) is 9.28. The van der Waals surface area contributed by atoms with Crippen molar-refractivity contribution in [1.29, 1.82) is 0 Å². The van der Waals surface area contributed by atoms with Crippen LogP contribution in [0.2, 0.25) is 0 Å². The summed E-state index contributed by atoms with van der Waals surface area (Å²) in [5.74, 6) is -0.669. The number of likely N-dealkylation sites (tertiary alicyclic amines) is 1. The highest BCUT2D eigenvalue weighted by Crippen LogP contribution is 2.40. The molecule has 34 heavy (non-hydrogen) atoms. The molecule has 0 aromatic heterocycles. The lowest BCUT2D eigenvalue weighted by Crippen LogP contribution is -2.33. The number of aliphatic hydroxyl groups is 1. The van der Waals surface area contributed by atoms with Crippen LogP contribution in [0.1, 0.15) is 57.2 Å². The molecule has 2 aromatic rings. The van der Waals surface area contributed by atoms with Gasteiger partial charge in [0, 0.05) is 12.1 Å². The average Bonchev–Trinajstić information content (AvgIpc) is 3.12. The molecular formula is C28H36N2O4. The highest BCUT2D eigenvalue weighted by Gasteiger charge is 2.45. The maximum absolute atomic E-state index is 13.2. The quantitative estimate of drug-likeness (QED) is 0.207. The van der Waals surface area contributed by atoms with E-state index in [2.05, 4.69) is 25.7 Å². The van der Waals surface area contributed by atoms with Gasteiger partial charge in [0.05, 0.1) is 18.2 Å². The van der Waals surface area contributed by atoms with Gasteiger partial charge in [-0.1, -0.05) is 69.7 Å². The van der Waals surface area contributed by atoms with Crippen molar-refractivity contribution in [2.24, 2.45) is 0 Å². The lowest BCUT2D eigenvalue weighted by atomic mass is 9.95. The van der Waals surface area contributed by atoms with E-state index in [0.717, 1.165) is 44.5 Å². The lowest BCUT2D eigenvalue weighted by Gasteiger charge is -2.27. The van der Waals surface area contributed by atoms with Gasteiger partial charge < -0.3 is 19.6 Å². The van der Waals surface area contributed by atoms with Crippen LogP contribution >= 0.6 is 0 Å². The second-order valence-electron chi connectivity index (χ2n) is 8.51. The minimum atomic E-state index is -0.661. The highest BCUT2D eigenvalue weighted by atomic mass is 16.5. The molecule has 1 aliphatic heterocycles. The van der Waals surface area contributed by atoms with Crippen molar-refractivity contribution in [2.75, 3.05) is 32.8 Å². The molecule has 6 nitrogen and oxygen atoms in total. The molecule has 1 aliphatic rings. The molecule has 1 heterocycles. The molecule has 1 unspecified atom stereocenters. The number of hydrogen-bond donors (Lipinski definition) is 1. The van der Waals surface area contributed by atoms with Crippen molar-refractivity contribution in [3.05, 3.63) is 71.3 Å². The van der Waals surface area contributed by atoms with Crippen molar-refractivity contribution in [3.8, 4) is 5.75 Å². The third-order valence-corrected chi connectivity index (χ3v) is 6.30. The summed E-state index contributed by atoms with van der Waals surface area (Å²) in [6, 6.07) is 15.8. The largest absolute Gasteiger partial charge is 0.507 e. The Bertz CT molecular complexity index is 998. The zero-order valence-corrected chi connectivity index (χ0v) is 20.5. The minimum Gasteiger partial charge on any atom is -0.507 e. The van der Waals surface area contributed by atoms with Crippen molar-refractivity contribution >= 4 is 17.4 Å². The second kappa shape index (κ2) is 12.4. The Hall–Kier alpha value is -3.12. The van der Waals surface area contributed by atoms with E-state index in [1.807, 2.05) is 30.3 Å². The highest BCUT2D eigenvalue weighted by molar-refractivity contribution is 6.46. The zero-order chi connectivity index (χ0) is 24.5. The molecule has 2 aromatic carbocycles. The Balaban J connectivity index is 1.99. The number of benzene rings is 2. The fourth-order valence-electron chi connectivity index (χ4n) is 4.32. The minimum absolute atomic E-state index is 0.129. The molecule has 0 radical (unpaired) electrons. The Morgan fingerprint density at radius 1 is 1.00 bits per heavy atom. The van der Waals surface area contributed by atoms with Crippen LogP contribution in [0.5, 0.6) is 5.75 Å². The van der Waals surface area contributed by atoms with E-state index in [-0.39, 0.29) is 11.3 Å². The van der Waals surface area contributed by atoms with Gasteiger partial charge >= 0.3 is 0 Å². The van der Waals surface area contributed by atoms with Gasteiger partial charge in [-0.2, -0.15) is 0 Å². The predicted molar refractivity (Wildman–Crippen MR) is 135 cm³/mol. The summed E-state index contributed by atoms with van der Waals surface area (Å²) in [6.07, 6.45) is 2.72. The van der Waals surface area contributed by atoms with Crippen LogP contribution in [0.25, 0.3) is 5.76 Å². The number of nitrogens with zero attached hydrogens (tertiary/aromatic N) is 2. The van der Waals surface area contributed by atoms with E-state index in [1.165, 1.54) is 0 Å². The predicted octanol–water partition coefficient (Wildman–Crippen LogP) is 5.02. The fraction of sp³-hybridized carbons (Fsp3) is 0.429. The van der Waals surface area contributed by atoms with E-state index in [4.69, 9.17) is 4.74 Å². The molecule has 1 saturated heterocycles. The standard InChI is InChI=1S/C28H36N2O4/c1-4-7-19-34-23-16-11-15-22(20-23)25-24(26(31)21-13-9-8-10-14-21)27(32)28(33)30(25)18-12-17-29(5-2)6-3/h8-11,13-16,20,25,31H,4-7,12,17-19H2,1-3H3. The summed E-state index contributed by atoms with van der Waals surface area (Å²) in [5.41, 5.74) is 1.40. The van der Waals surface area contributed by atoms with Crippen LogP contribution in [-0.2, 0) is 9.59 Å². The first kappa shape index (κ1) is 25.5. The molecule has 0 saturated carbocycles. The molecule has 3 rings (SSSR count). The number of aliphatic hydroxyl groups excluding tert-OH is 1. The second-order valence-corrected chi connectivity index (χ2v) is 8.51. The van der Waals surface area contributed by atoms with Gasteiger partial charge in [-0.3, -0.25) is 9.59 Å². The Morgan fingerprint density at radius 2 is 1.74 bits per heavy atom. The molecule has 182 valence electrons. The molecule has 1 fully saturated rings. The number of hydrogen-bond acceptors (Lipinski definition) is 5. The van der Waals surface area contributed by atoms with E-state index >= 15 is 0 Å². The molecule has 1 amide bonds. The number of carbonyl (C=O) groups excluding carboxylic acids is 2. The SMILES string of the molecule is CCCCOc1cccc(C2C(=C(O)c3ccccc3)C(=O)C(=O)N2CCCN(CC)CC)c1. The van der Waals surface area contributed by atoms with Gasteiger partial charge in [-0.15, -0.1) is 0 Å². The van der Waals surface area contributed by atoms with Crippen LogP contribution in [0.3, 0.4) is 0 Å². The summed E-state index contributed by atoms with van der Waals surface area (Å²) in [6.45, 7) is 10.1. The van der Waals surface area contributed by atoms with Gasteiger partial charge in [0.15, 0.2) is 0 Å².